The number of benzene rings is 1. The summed E-state index contributed by atoms with van der Waals surface area (Å²) >= 11 is 1.51. The van der Waals surface area contributed by atoms with Gasteiger partial charge in [0.15, 0.2) is 5.69 Å². The van der Waals surface area contributed by atoms with Crippen LogP contribution in [0.5, 0.6) is 0 Å². The van der Waals surface area contributed by atoms with Gasteiger partial charge in [-0.3, -0.25) is 4.90 Å². The van der Waals surface area contributed by atoms with Crippen molar-refractivity contribution in [1.82, 2.24) is 9.88 Å². The predicted molar refractivity (Wildman–Crippen MR) is 93.3 cm³/mol. The molecular formula is C18H22N2O3S. The molecule has 0 N–H and O–H groups in total. The molecule has 1 atom stereocenters. The van der Waals surface area contributed by atoms with Gasteiger partial charge < -0.3 is 9.47 Å². The van der Waals surface area contributed by atoms with Gasteiger partial charge in [0, 0.05) is 24.5 Å². The highest BCUT2D eigenvalue weighted by Crippen LogP contribution is 2.18. The Morgan fingerprint density at radius 2 is 2.17 bits per heavy atom. The zero-order valence-corrected chi connectivity index (χ0v) is 14.8. The van der Waals surface area contributed by atoms with Gasteiger partial charge in [0.25, 0.3) is 0 Å². The molecule has 0 saturated carbocycles. The standard InChI is InChI=1S/C18H22N2O3S/c1-13-17(19-14(2)24-13)18(21)23-12-16-11-20(8-9-22-16)10-15-6-4-3-5-7-15/h3-7,16H,8-12H2,1-2H3/t16-/m0/s1. The smallest absolute Gasteiger partial charge is 0.358 e. The number of morpholine rings is 1. The molecule has 2 aromatic rings. The van der Waals surface area contributed by atoms with Crippen molar-refractivity contribution in [3.63, 3.8) is 0 Å². The van der Waals surface area contributed by atoms with Crippen LogP contribution in [0.1, 0.15) is 25.9 Å². The molecule has 0 unspecified atom stereocenters. The summed E-state index contributed by atoms with van der Waals surface area (Å²) in [5.74, 6) is -0.361. The minimum absolute atomic E-state index is 0.0912. The van der Waals surface area contributed by atoms with Crippen LogP contribution < -0.4 is 0 Å². The summed E-state index contributed by atoms with van der Waals surface area (Å²) in [7, 11) is 0. The van der Waals surface area contributed by atoms with E-state index in [1.54, 1.807) is 0 Å². The van der Waals surface area contributed by atoms with Gasteiger partial charge in [-0.2, -0.15) is 0 Å². The van der Waals surface area contributed by atoms with Gasteiger partial charge in [0.2, 0.25) is 0 Å². The van der Waals surface area contributed by atoms with Crippen molar-refractivity contribution in [3.05, 3.63) is 51.5 Å². The van der Waals surface area contributed by atoms with Gasteiger partial charge in [0.1, 0.15) is 12.7 Å². The molecule has 0 amide bonds. The number of aryl methyl sites for hydroxylation is 2. The Kier molecular flexibility index (Phi) is 5.60. The van der Waals surface area contributed by atoms with Crippen LogP contribution in [0.15, 0.2) is 30.3 Å². The molecule has 128 valence electrons. The maximum atomic E-state index is 12.1. The van der Waals surface area contributed by atoms with Gasteiger partial charge in [-0.25, -0.2) is 9.78 Å². The van der Waals surface area contributed by atoms with Crippen LogP contribution in [-0.2, 0) is 16.0 Å². The van der Waals surface area contributed by atoms with Crippen LogP contribution in [0.4, 0.5) is 0 Å². The summed E-state index contributed by atoms with van der Waals surface area (Å²) in [6, 6.07) is 10.4. The zero-order chi connectivity index (χ0) is 16.9. The number of carbonyl (C=O) groups excluding carboxylic acids is 1. The summed E-state index contributed by atoms with van der Waals surface area (Å²) in [4.78, 5) is 19.6. The summed E-state index contributed by atoms with van der Waals surface area (Å²) < 4.78 is 11.1. The predicted octanol–water partition coefficient (Wildman–Crippen LogP) is 2.82. The monoisotopic (exact) mass is 346 g/mol. The third-order valence-electron chi connectivity index (χ3n) is 3.97. The molecule has 1 aliphatic rings. The van der Waals surface area contributed by atoms with Crippen molar-refractivity contribution >= 4 is 17.3 Å². The fraction of sp³-hybridized carbons (Fsp3) is 0.444. The van der Waals surface area contributed by atoms with Gasteiger partial charge in [-0.15, -0.1) is 11.3 Å². The van der Waals surface area contributed by atoms with E-state index >= 15 is 0 Å². The minimum Gasteiger partial charge on any atom is -0.458 e. The number of carbonyl (C=O) groups is 1. The average Bonchev–Trinajstić information content (AvgIpc) is 2.92. The van der Waals surface area contributed by atoms with Crippen molar-refractivity contribution in [2.45, 2.75) is 26.5 Å². The van der Waals surface area contributed by atoms with E-state index in [-0.39, 0.29) is 18.7 Å². The first-order chi connectivity index (χ1) is 11.6. The number of thiazole rings is 1. The Labute approximate surface area is 146 Å². The molecule has 3 rings (SSSR count). The van der Waals surface area contributed by atoms with E-state index in [9.17, 15) is 4.79 Å². The van der Waals surface area contributed by atoms with Crippen LogP contribution in [-0.4, -0.2) is 48.3 Å². The summed E-state index contributed by atoms with van der Waals surface area (Å²) in [5, 5.41) is 0.877. The van der Waals surface area contributed by atoms with Gasteiger partial charge in [-0.1, -0.05) is 30.3 Å². The molecule has 1 aliphatic heterocycles. The highest BCUT2D eigenvalue weighted by atomic mass is 32.1. The molecule has 1 fully saturated rings. The zero-order valence-electron chi connectivity index (χ0n) is 14.0. The van der Waals surface area contributed by atoms with Crippen LogP contribution in [0.2, 0.25) is 0 Å². The van der Waals surface area contributed by atoms with E-state index < -0.39 is 0 Å². The number of aromatic nitrogens is 1. The van der Waals surface area contributed by atoms with E-state index in [1.165, 1.54) is 16.9 Å². The van der Waals surface area contributed by atoms with Gasteiger partial charge >= 0.3 is 5.97 Å². The molecule has 1 aromatic heterocycles. The molecular weight excluding hydrogens is 324 g/mol. The second-order valence-corrected chi connectivity index (χ2v) is 7.36. The van der Waals surface area contributed by atoms with Crippen LogP contribution >= 0.6 is 11.3 Å². The van der Waals surface area contributed by atoms with Crippen LogP contribution in [0.25, 0.3) is 0 Å². The normalized spacial score (nSPS) is 18.5. The number of rotatable bonds is 5. The lowest BCUT2D eigenvalue weighted by molar-refractivity contribution is -0.0613. The fourth-order valence-corrected chi connectivity index (χ4v) is 3.63. The number of nitrogens with zero attached hydrogens (tertiary/aromatic N) is 2. The van der Waals surface area contributed by atoms with Crippen molar-refractivity contribution in [1.29, 1.82) is 0 Å². The first kappa shape index (κ1) is 17.1. The van der Waals surface area contributed by atoms with E-state index in [0.29, 0.717) is 12.3 Å². The number of hydrogen-bond donors (Lipinski definition) is 0. The lowest BCUT2D eigenvalue weighted by Crippen LogP contribution is -2.44. The Hall–Kier alpha value is -1.76. The first-order valence-corrected chi connectivity index (χ1v) is 8.92. The maximum absolute atomic E-state index is 12.1. The third-order valence-corrected chi connectivity index (χ3v) is 4.86. The van der Waals surface area contributed by atoms with E-state index in [4.69, 9.17) is 9.47 Å². The SMILES string of the molecule is Cc1nc(C(=O)OC[C@@H]2CN(Cc3ccccc3)CCO2)c(C)s1. The Bertz CT molecular complexity index is 687. The largest absolute Gasteiger partial charge is 0.458 e. The molecule has 6 heteroatoms. The van der Waals surface area contributed by atoms with Crippen molar-refractivity contribution in [3.8, 4) is 0 Å². The van der Waals surface area contributed by atoms with Crippen molar-refractivity contribution in [2.24, 2.45) is 0 Å². The second-order valence-electron chi connectivity index (χ2n) is 5.95. The van der Waals surface area contributed by atoms with E-state index in [2.05, 4.69) is 22.0 Å². The highest BCUT2D eigenvalue weighted by Gasteiger charge is 2.23. The number of esters is 1. The summed E-state index contributed by atoms with van der Waals surface area (Å²) in [6.07, 6.45) is -0.0912. The molecule has 2 heterocycles. The second kappa shape index (κ2) is 7.88. The fourth-order valence-electron chi connectivity index (χ4n) is 2.82. The molecule has 1 aromatic carbocycles. The summed E-state index contributed by atoms with van der Waals surface area (Å²) in [5.41, 5.74) is 1.71. The Balaban J connectivity index is 1.50. The van der Waals surface area contributed by atoms with E-state index in [0.717, 1.165) is 29.5 Å². The Morgan fingerprint density at radius 3 is 2.88 bits per heavy atom. The van der Waals surface area contributed by atoms with Gasteiger partial charge in [-0.05, 0) is 19.4 Å². The Morgan fingerprint density at radius 1 is 1.38 bits per heavy atom. The van der Waals surface area contributed by atoms with Crippen molar-refractivity contribution < 1.29 is 14.3 Å². The van der Waals surface area contributed by atoms with Crippen molar-refractivity contribution in [2.75, 3.05) is 26.3 Å². The molecule has 0 radical (unpaired) electrons. The first-order valence-electron chi connectivity index (χ1n) is 8.11. The third kappa shape index (κ3) is 4.41. The van der Waals surface area contributed by atoms with Crippen LogP contribution in [0.3, 0.4) is 0 Å². The molecule has 24 heavy (non-hydrogen) atoms. The minimum atomic E-state index is -0.361. The maximum Gasteiger partial charge on any atom is 0.358 e. The molecule has 0 spiro atoms. The molecule has 0 aliphatic carbocycles. The average molecular weight is 346 g/mol. The summed E-state index contributed by atoms with van der Waals surface area (Å²) in [6.45, 7) is 7.24. The molecule has 5 nitrogen and oxygen atoms in total. The molecule has 1 saturated heterocycles. The lowest BCUT2D eigenvalue weighted by atomic mass is 10.2. The van der Waals surface area contributed by atoms with E-state index in [1.807, 2.05) is 32.0 Å². The van der Waals surface area contributed by atoms with Crippen LogP contribution in [0, 0.1) is 13.8 Å². The lowest BCUT2D eigenvalue weighted by Gasteiger charge is -2.32. The number of hydrogen-bond acceptors (Lipinski definition) is 6. The van der Waals surface area contributed by atoms with Gasteiger partial charge in [0.05, 0.1) is 11.6 Å². The highest BCUT2D eigenvalue weighted by molar-refractivity contribution is 7.11. The number of ether oxygens (including phenoxy) is 2. The quantitative estimate of drug-likeness (QED) is 0.779. The topological polar surface area (TPSA) is 51.7 Å². The molecule has 0 bridgehead atoms.